The van der Waals surface area contributed by atoms with Crippen LogP contribution in [0, 0.1) is 5.92 Å². The van der Waals surface area contributed by atoms with Gasteiger partial charge in [0.1, 0.15) is 5.82 Å². The molecular formula is C14H24N4S. The molecule has 4 nitrogen and oxygen atoms in total. The van der Waals surface area contributed by atoms with E-state index in [1.807, 2.05) is 11.8 Å². The third-order valence-corrected chi connectivity index (χ3v) is 5.20. The first kappa shape index (κ1) is 13.4. The molecule has 0 radical (unpaired) electrons. The van der Waals surface area contributed by atoms with Gasteiger partial charge in [-0.1, -0.05) is 25.1 Å². The summed E-state index contributed by atoms with van der Waals surface area (Å²) in [4.78, 5) is 0. The minimum absolute atomic E-state index is 0.698. The summed E-state index contributed by atoms with van der Waals surface area (Å²) in [6.07, 6.45) is 7.72. The van der Waals surface area contributed by atoms with Crippen LogP contribution in [-0.2, 0) is 13.0 Å². The van der Waals surface area contributed by atoms with Gasteiger partial charge in [-0.3, -0.25) is 0 Å². The van der Waals surface area contributed by atoms with Crippen LogP contribution in [0.3, 0.4) is 0 Å². The van der Waals surface area contributed by atoms with E-state index in [1.54, 1.807) is 0 Å². The van der Waals surface area contributed by atoms with E-state index in [-0.39, 0.29) is 0 Å². The van der Waals surface area contributed by atoms with Crippen LogP contribution in [0.5, 0.6) is 0 Å². The number of aryl methyl sites for hydroxylation is 1. The van der Waals surface area contributed by atoms with Crippen molar-refractivity contribution in [2.24, 2.45) is 5.92 Å². The molecule has 0 spiro atoms. The van der Waals surface area contributed by atoms with Crippen LogP contribution in [0.2, 0.25) is 0 Å². The van der Waals surface area contributed by atoms with Crippen molar-refractivity contribution < 1.29 is 0 Å². The lowest BCUT2D eigenvalue weighted by Gasteiger charge is -2.12. The number of hydrogen-bond acceptors (Lipinski definition) is 4. The highest BCUT2D eigenvalue weighted by molar-refractivity contribution is 7.99. The quantitative estimate of drug-likeness (QED) is 0.813. The Kier molecular flexibility index (Phi) is 4.43. The van der Waals surface area contributed by atoms with E-state index in [1.165, 1.54) is 37.9 Å². The minimum atomic E-state index is 0.698. The molecule has 2 aliphatic rings. The first-order valence-corrected chi connectivity index (χ1v) is 8.60. The van der Waals surface area contributed by atoms with E-state index in [4.69, 9.17) is 0 Å². The zero-order valence-corrected chi connectivity index (χ0v) is 12.6. The molecule has 0 bridgehead atoms. The Hall–Kier alpha value is -0.550. The van der Waals surface area contributed by atoms with Crippen molar-refractivity contribution in [3.8, 4) is 0 Å². The first-order chi connectivity index (χ1) is 9.33. The van der Waals surface area contributed by atoms with Crippen molar-refractivity contribution in [1.82, 2.24) is 20.1 Å². The first-order valence-electron chi connectivity index (χ1n) is 7.61. The highest BCUT2D eigenvalue weighted by atomic mass is 32.2. The molecule has 1 atom stereocenters. The summed E-state index contributed by atoms with van der Waals surface area (Å²) in [6, 6.07) is 0.816. The summed E-state index contributed by atoms with van der Waals surface area (Å²) >= 11 is 1.88. The largest absolute Gasteiger partial charge is 0.314 e. The van der Waals surface area contributed by atoms with Crippen LogP contribution in [0.25, 0.3) is 0 Å². The Morgan fingerprint density at radius 1 is 1.32 bits per heavy atom. The van der Waals surface area contributed by atoms with Gasteiger partial charge in [-0.05, 0) is 38.1 Å². The summed E-state index contributed by atoms with van der Waals surface area (Å²) in [5.41, 5.74) is 0. The molecule has 3 rings (SSSR count). The molecule has 2 heterocycles. The van der Waals surface area contributed by atoms with Crippen LogP contribution < -0.4 is 5.32 Å². The molecule has 19 heavy (non-hydrogen) atoms. The van der Waals surface area contributed by atoms with E-state index < -0.39 is 0 Å². The van der Waals surface area contributed by atoms with Gasteiger partial charge in [0.05, 0.1) is 0 Å². The van der Waals surface area contributed by atoms with Gasteiger partial charge in [0.2, 0.25) is 0 Å². The lowest BCUT2D eigenvalue weighted by Crippen LogP contribution is -2.24. The van der Waals surface area contributed by atoms with Gasteiger partial charge in [-0.2, -0.15) is 0 Å². The van der Waals surface area contributed by atoms with E-state index in [0.717, 1.165) is 36.5 Å². The maximum Gasteiger partial charge on any atom is 0.191 e. The van der Waals surface area contributed by atoms with Crippen molar-refractivity contribution in [2.45, 2.75) is 63.2 Å². The number of nitrogens with zero attached hydrogens (tertiary/aromatic N) is 3. The Morgan fingerprint density at radius 2 is 2.21 bits per heavy atom. The molecule has 0 amide bonds. The van der Waals surface area contributed by atoms with Gasteiger partial charge < -0.3 is 9.88 Å². The molecule has 106 valence electrons. The highest BCUT2D eigenvalue weighted by Gasteiger charge is 2.21. The van der Waals surface area contributed by atoms with E-state index >= 15 is 0 Å². The average molecular weight is 280 g/mol. The molecule has 1 aliphatic heterocycles. The maximum absolute atomic E-state index is 4.37. The molecule has 1 unspecified atom stereocenters. The SMILES string of the molecule is CC(CNC1CC1)CSc1nnc2n1CCCCC2. The van der Waals surface area contributed by atoms with Crippen LogP contribution in [0.4, 0.5) is 0 Å². The average Bonchev–Trinajstić information content (AvgIpc) is 3.20. The third-order valence-electron chi connectivity index (χ3n) is 3.90. The molecule has 0 aromatic carbocycles. The van der Waals surface area contributed by atoms with Crippen LogP contribution in [0.1, 0.15) is 44.9 Å². The standard InChI is InChI=1S/C14H24N4S/c1-11(9-15-12-6-7-12)10-19-14-17-16-13-5-3-2-4-8-18(13)14/h11-12,15H,2-10H2,1H3. The van der Waals surface area contributed by atoms with Crippen LogP contribution in [0.15, 0.2) is 5.16 Å². The predicted octanol–water partition coefficient (Wildman–Crippen LogP) is 2.48. The number of rotatable bonds is 6. The lowest BCUT2D eigenvalue weighted by atomic mass is 10.2. The van der Waals surface area contributed by atoms with Crippen molar-refractivity contribution in [1.29, 1.82) is 0 Å². The molecule has 1 aromatic heterocycles. The van der Waals surface area contributed by atoms with Gasteiger partial charge in [-0.15, -0.1) is 10.2 Å². The number of aromatic nitrogens is 3. The van der Waals surface area contributed by atoms with Crippen molar-refractivity contribution in [3.63, 3.8) is 0 Å². The number of hydrogen-bond donors (Lipinski definition) is 1. The summed E-state index contributed by atoms with van der Waals surface area (Å²) < 4.78 is 2.35. The molecule has 1 aromatic rings. The van der Waals surface area contributed by atoms with Gasteiger partial charge in [0, 0.05) is 24.8 Å². The normalized spacial score (nSPS) is 20.9. The fourth-order valence-electron chi connectivity index (χ4n) is 2.50. The van der Waals surface area contributed by atoms with Gasteiger partial charge in [0.15, 0.2) is 5.16 Å². The summed E-state index contributed by atoms with van der Waals surface area (Å²) in [7, 11) is 0. The molecule has 5 heteroatoms. The highest BCUT2D eigenvalue weighted by Crippen LogP contribution is 2.24. The Balaban J connectivity index is 1.50. The third kappa shape index (κ3) is 3.72. The monoisotopic (exact) mass is 280 g/mol. The van der Waals surface area contributed by atoms with E-state index in [9.17, 15) is 0 Å². The van der Waals surface area contributed by atoms with Crippen LogP contribution in [-0.4, -0.2) is 33.1 Å². The van der Waals surface area contributed by atoms with Crippen molar-refractivity contribution in [2.75, 3.05) is 12.3 Å². The fourth-order valence-corrected chi connectivity index (χ4v) is 3.50. The number of thioether (sulfide) groups is 1. The maximum atomic E-state index is 4.37. The summed E-state index contributed by atoms with van der Waals surface area (Å²) in [5.74, 6) is 3.03. The molecular weight excluding hydrogens is 256 g/mol. The Bertz CT molecular complexity index is 414. The summed E-state index contributed by atoms with van der Waals surface area (Å²) in [6.45, 7) is 4.57. The van der Waals surface area contributed by atoms with Gasteiger partial charge in [0.25, 0.3) is 0 Å². The molecule has 1 fully saturated rings. The fraction of sp³-hybridized carbons (Fsp3) is 0.857. The topological polar surface area (TPSA) is 42.7 Å². The van der Waals surface area contributed by atoms with Crippen molar-refractivity contribution >= 4 is 11.8 Å². The van der Waals surface area contributed by atoms with E-state index in [0.29, 0.717) is 5.92 Å². The molecule has 0 saturated heterocycles. The van der Waals surface area contributed by atoms with Gasteiger partial charge in [-0.25, -0.2) is 0 Å². The Labute approximate surface area is 119 Å². The van der Waals surface area contributed by atoms with Crippen molar-refractivity contribution in [3.05, 3.63) is 5.82 Å². The minimum Gasteiger partial charge on any atom is -0.314 e. The zero-order chi connectivity index (χ0) is 13.1. The number of nitrogens with one attached hydrogen (secondary N) is 1. The second-order valence-corrected chi connectivity index (χ2v) is 6.95. The van der Waals surface area contributed by atoms with Gasteiger partial charge >= 0.3 is 0 Å². The van der Waals surface area contributed by atoms with Crippen LogP contribution >= 0.6 is 11.8 Å². The molecule has 1 aliphatic carbocycles. The second kappa shape index (κ2) is 6.27. The summed E-state index contributed by atoms with van der Waals surface area (Å²) in [5, 5.41) is 13.5. The smallest absolute Gasteiger partial charge is 0.191 e. The molecule has 1 N–H and O–H groups in total. The second-order valence-electron chi connectivity index (χ2n) is 5.96. The zero-order valence-electron chi connectivity index (χ0n) is 11.8. The predicted molar refractivity (Wildman–Crippen MR) is 78.5 cm³/mol. The van der Waals surface area contributed by atoms with E-state index in [2.05, 4.69) is 27.0 Å². The molecule has 1 saturated carbocycles. The lowest BCUT2D eigenvalue weighted by molar-refractivity contribution is 0.554. The Morgan fingerprint density at radius 3 is 3.05 bits per heavy atom. The number of fused-ring (bicyclic) bond motifs is 1.